The molecule has 0 amide bonds. The molecule has 3 rings (SSSR count). The van der Waals surface area contributed by atoms with Crippen molar-refractivity contribution in [2.45, 2.75) is 13.5 Å². The van der Waals surface area contributed by atoms with E-state index in [1.54, 1.807) is 11.3 Å². The first-order valence-corrected chi connectivity index (χ1v) is 7.33. The third kappa shape index (κ3) is 3.05. The number of nitrogens with zero attached hydrogens (tertiary/aromatic N) is 3. The molecule has 102 valence electrons. The topological polar surface area (TPSA) is 39.9 Å². The van der Waals surface area contributed by atoms with Gasteiger partial charge in [-0.05, 0) is 25.1 Å². The zero-order valence-electron chi connectivity index (χ0n) is 11.2. The number of hydrogen-bond donors (Lipinski definition) is 0. The van der Waals surface area contributed by atoms with Crippen molar-refractivity contribution in [3.8, 4) is 16.5 Å². The highest BCUT2D eigenvalue weighted by atomic mass is 32.1. The van der Waals surface area contributed by atoms with E-state index in [0.717, 1.165) is 28.7 Å². The number of aromatic nitrogens is 3. The lowest BCUT2D eigenvalue weighted by Crippen LogP contribution is -2.08. The summed E-state index contributed by atoms with van der Waals surface area (Å²) in [6, 6.07) is 11.8. The van der Waals surface area contributed by atoms with Gasteiger partial charge in [0.25, 0.3) is 0 Å². The van der Waals surface area contributed by atoms with Gasteiger partial charge < -0.3 is 4.74 Å². The summed E-state index contributed by atoms with van der Waals surface area (Å²) >= 11 is 1.62. The van der Waals surface area contributed by atoms with E-state index >= 15 is 0 Å². The first kappa shape index (κ1) is 12.9. The summed E-state index contributed by atoms with van der Waals surface area (Å²) in [5.41, 5.74) is 1.95. The van der Waals surface area contributed by atoms with Crippen LogP contribution in [0.15, 0.2) is 48.0 Å². The molecule has 4 nitrogen and oxygen atoms in total. The van der Waals surface area contributed by atoms with Crippen LogP contribution in [-0.2, 0) is 6.54 Å². The third-order valence-corrected chi connectivity index (χ3v) is 3.79. The lowest BCUT2D eigenvalue weighted by atomic mass is 10.3. The summed E-state index contributed by atoms with van der Waals surface area (Å²) in [5.74, 6) is 0.885. The average Bonchev–Trinajstić information content (AvgIpc) is 3.09. The van der Waals surface area contributed by atoms with Gasteiger partial charge in [-0.2, -0.15) is 5.10 Å². The Balaban J connectivity index is 1.58. The van der Waals surface area contributed by atoms with Crippen molar-refractivity contribution in [2.75, 3.05) is 6.61 Å². The zero-order chi connectivity index (χ0) is 13.8. The fourth-order valence-electron chi connectivity index (χ4n) is 1.85. The summed E-state index contributed by atoms with van der Waals surface area (Å²) in [5, 5.41) is 7.51. The lowest BCUT2D eigenvalue weighted by Gasteiger charge is -2.05. The largest absolute Gasteiger partial charge is 0.492 e. The molecule has 0 saturated carbocycles. The van der Waals surface area contributed by atoms with Gasteiger partial charge in [0.1, 0.15) is 23.1 Å². The van der Waals surface area contributed by atoms with Crippen LogP contribution in [0.3, 0.4) is 0 Å². The van der Waals surface area contributed by atoms with Crippen LogP contribution in [0.5, 0.6) is 5.75 Å². The molecule has 0 radical (unpaired) electrons. The van der Waals surface area contributed by atoms with Gasteiger partial charge >= 0.3 is 0 Å². The minimum atomic E-state index is 0.599. The number of rotatable bonds is 5. The van der Waals surface area contributed by atoms with E-state index < -0.39 is 0 Å². The van der Waals surface area contributed by atoms with Crippen LogP contribution in [0.1, 0.15) is 5.69 Å². The maximum atomic E-state index is 5.66. The molecule has 20 heavy (non-hydrogen) atoms. The van der Waals surface area contributed by atoms with Crippen molar-refractivity contribution in [3.05, 3.63) is 53.7 Å². The molecule has 0 atom stereocenters. The van der Waals surface area contributed by atoms with Gasteiger partial charge in [-0.15, -0.1) is 11.3 Å². The van der Waals surface area contributed by atoms with Crippen LogP contribution in [0.25, 0.3) is 10.7 Å². The molecular weight excluding hydrogens is 270 g/mol. The molecule has 0 saturated heterocycles. The van der Waals surface area contributed by atoms with Gasteiger partial charge in [-0.25, -0.2) is 4.98 Å². The van der Waals surface area contributed by atoms with E-state index in [2.05, 4.69) is 10.1 Å². The number of aryl methyl sites for hydroxylation is 1. The van der Waals surface area contributed by atoms with Crippen LogP contribution >= 0.6 is 11.3 Å². The van der Waals surface area contributed by atoms with Crippen molar-refractivity contribution < 1.29 is 4.74 Å². The summed E-state index contributed by atoms with van der Waals surface area (Å²) in [6.07, 6.45) is 1.96. The second-order valence-electron chi connectivity index (χ2n) is 4.42. The Kier molecular flexibility index (Phi) is 3.78. The summed E-state index contributed by atoms with van der Waals surface area (Å²) in [4.78, 5) is 4.43. The molecule has 1 aromatic carbocycles. The molecule has 0 fully saturated rings. The van der Waals surface area contributed by atoms with Crippen molar-refractivity contribution in [1.29, 1.82) is 0 Å². The number of para-hydroxylation sites is 1. The molecule has 0 unspecified atom stereocenters. The van der Waals surface area contributed by atoms with Crippen molar-refractivity contribution in [3.63, 3.8) is 0 Å². The summed E-state index contributed by atoms with van der Waals surface area (Å²) in [7, 11) is 0. The minimum absolute atomic E-state index is 0.599. The Bertz CT molecular complexity index is 675. The van der Waals surface area contributed by atoms with Gasteiger partial charge in [0.15, 0.2) is 0 Å². The van der Waals surface area contributed by atoms with Gasteiger partial charge in [0.2, 0.25) is 0 Å². The second kappa shape index (κ2) is 5.88. The number of benzene rings is 1. The molecule has 0 aliphatic carbocycles. The molecule has 2 aromatic heterocycles. The highest BCUT2D eigenvalue weighted by molar-refractivity contribution is 7.13. The Morgan fingerprint density at radius 1 is 1.20 bits per heavy atom. The first-order chi connectivity index (χ1) is 9.81. The summed E-state index contributed by atoms with van der Waals surface area (Å²) < 4.78 is 7.54. The maximum Gasteiger partial charge on any atom is 0.143 e. The van der Waals surface area contributed by atoms with E-state index in [0.29, 0.717) is 6.61 Å². The van der Waals surface area contributed by atoms with Gasteiger partial charge in [-0.1, -0.05) is 18.2 Å². The van der Waals surface area contributed by atoms with E-state index in [-0.39, 0.29) is 0 Å². The van der Waals surface area contributed by atoms with Gasteiger partial charge in [0, 0.05) is 17.3 Å². The average molecular weight is 285 g/mol. The fraction of sp³-hybridized carbons (Fsp3) is 0.200. The predicted molar refractivity (Wildman–Crippen MR) is 80.0 cm³/mol. The molecule has 2 heterocycles. The van der Waals surface area contributed by atoms with E-state index in [1.165, 1.54) is 0 Å². The first-order valence-electron chi connectivity index (χ1n) is 6.45. The van der Waals surface area contributed by atoms with Crippen molar-refractivity contribution >= 4 is 11.3 Å². The molecular formula is C15H15N3OS. The van der Waals surface area contributed by atoms with Gasteiger partial charge in [-0.3, -0.25) is 4.68 Å². The minimum Gasteiger partial charge on any atom is -0.492 e. The molecule has 5 heteroatoms. The molecule has 0 aliphatic heterocycles. The normalized spacial score (nSPS) is 10.7. The van der Waals surface area contributed by atoms with Crippen LogP contribution in [-0.4, -0.2) is 21.4 Å². The van der Waals surface area contributed by atoms with Gasteiger partial charge in [0.05, 0.1) is 6.54 Å². The predicted octanol–water partition coefficient (Wildman–Crippen LogP) is 3.39. The van der Waals surface area contributed by atoms with E-state index in [1.807, 2.05) is 59.6 Å². The van der Waals surface area contributed by atoms with Crippen LogP contribution in [0.2, 0.25) is 0 Å². The lowest BCUT2D eigenvalue weighted by molar-refractivity contribution is 0.291. The molecule has 3 aromatic rings. The van der Waals surface area contributed by atoms with Crippen LogP contribution in [0, 0.1) is 6.92 Å². The molecule has 0 bridgehead atoms. The van der Waals surface area contributed by atoms with Crippen molar-refractivity contribution in [2.24, 2.45) is 0 Å². The SMILES string of the molecule is Cc1csc(-c2ccn(CCOc3ccccc3)n2)n1. The quantitative estimate of drug-likeness (QED) is 0.721. The smallest absolute Gasteiger partial charge is 0.143 e. The molecule has 0 N–H and O–H groups in total. The van der Waals surface area contributed by atoms with Crippen LogP contribution in [0.4, 0.5) is 0 Å². The Labute approximate surface area is 121 Å². The van der Waals surface area contributed by atoms with Crippen molar-refractivity contribution in [1.82, 2.24) is 14.8 Å². The highest BCUT2D eigenvalue weighted by Gasteiger charge is 2.06. The number of thiazole rings is 1. The monoisotopic (exact) mass is 285 g/mol. The standard InChI is InChI=1S/C15H15N3OS/c1-12-11-20-15(16-12)14-7-8-18(17-14)9-10-19-13-5-3-2-4-6-13/h2-8,11H,9-10H2,1H3. The maximum absolute atomic E-state index is 5.66. The molecule has 0 spiro atoms. The second-order valence-corrected chi connectivity index (χ2v) is 5.28. The Morgan fingerprint density at radius 3 is 2.80 bits per heavy atom. The number of ether oxygens (including phenoxy) is 1. The number of hydrogen-bond acceptors (Lipinski definition) is 4. The summed E-state index contributed by atoms with van der Waals surface area (Å²) in [6.45, 7) is 3.31. The zero-order valence-corrected chi connectivity index (χ0v) is 12.0. The molecule has 0 aliphatic rings. The Morgan fingerprint density at radius 2 is 2.05 bits per heavy atom. The highest BCUT2D eigenvalue weighted by Crippen LogP contribution is 2.21. The van der Waals surface area contributed by atoms with E-state index in [4.69, 9.17) is 4.74 Å². The fourth-order valence-corrected chi connectivity index (χ4v) is 2.61. The van der Waals surface area contributed by atoms with Crippen LogP contribution < -0.4 is 4.74 Å². The third-order valence-electron chi connectivity index (χ3n) is 2.81. The Hall–Kier alpha value is -2.14. The van der Waals surface area contributed by atoms with E-state index in [9.17, 15) is 0 Å².